The molecule has 0 saturated carbocycles. The number of benzene rings is 2. The van der Waals surface area contributed by atoms with Crippen LogP contribution < -0.4 is 35.3 Å². The predicted octanol–water partition coefficient (Wildman–Crippen LogP) is 2.41. The first-order valence-electron chi connectivity index (χ1n) is 11.0. The van der Waals surface area contributed by atoms with Gasteiger partial charge in [0.1, 0.15) is 6.04 Å². The fourth-order valence-corrected chi connectivity index (χ4v) is 4.60. The second-order valence-corrected chi connectivity index (χ2v) is 8.16. The first kappa shape index (κ1) is 22.2. The van der Waals surface area contributed by atoms with Crippen molar-refractivity contribution in [2.75, 3.05) is 39.3 Å². The van der Waals surface area contributed by atoms with Crippen molar-refractivity contribution in [3.8, 4) is 17.2 Å². The highest BCUT2D eigenvalue weighted by molar-refractivity contribution is 5.82. The van der Waals surface area contributed by atoms with E-state index in [1.807, 2.05) is 18.2 Å². The average Bonchev–Trinajstić information content (AvgIpc) is 3.52. The average molecular weight is 441 g/mol. The number of nitrogens with one attached hydrogen (secondary N) is 3. The van der Waals surface area contributed by atoms with Crippen molar-refractivity contribution < 1.29 is 19.0 Å². The van der Waals surface area contributed by atoms with Gasteiger partial charge in [0.2, 0.25) is 11.7 Å². The summed E-state index contributed by atoms with van der Waals surface area (Å²) in [5.74, 6) is 1.75. The Morgan fingerprint density at radius 2 is 1.78 bits per heavy atom. The number of amides is 1. The second kappa shape index (κ2) is 10.1. The Bertz CT molecular complexity index is 898. The van der Waals surface area contributed by atoms with Gasteiger partial charge in [-0.25, -0.2) is 10.9 Å². The molecule has 0 bridgehead atoms. The van der Waals surface area contributed by atoms with Gasteiger partial charge in [0.25, 0.3) is 0 Å². The highest BCUT2D eigenvalue weighted by atomic mass is 16.5. The van der Waals surface area contributed by atoms with E-state index in [0.29, 0.717) is 36.3 Å². The lowest BCUT2D eigenvalue weighted by Gasteiger charge is -2.27. The Kier molecular flexibility index (Phi) is 7.02. The lowest BCUT2D eigenvalue weighted by atomic mass is 10.0. The van der Waals surface area contributed by atoms with Gasteiger partial charge in [0, 0.05) is 30.9 Å². The quantitative estimate of drug-likeness (QED) is 0.581. The van der Waals surface area contributed by atoms with Crippen LogP contribution in [0.1, 0.15) is 30.9 Å². The summed E-state index contributed by atoms with van der Waals surface area (Å²) < 4.78 is 16.3. The summed E-state index contributed by atoms with van der Waals surface area (Å²) in [4.78, 5) is 15.3. The van der Waals surface area contributed by atoms with Gasteiger partial charge in [-0.2, -0.15) is 0 Å². The molecule has 0 spiro atoms. The summed E-state index contributed by atoms with van der Waals surface area (Å²) in [5.41, 5.74) is 8.55. The molecule has 2 aromatic rings. The molecule has 2 aliphatic rings. The summed E-state index contributed by atoms with van der Waals surface area (Å²) in [7, 11) is 4.78. The van der Waals surface area contributed by atoms with Crippen molar-refractivity contribution in [2.45, 2.75) is 37.4 Å². The number of hydrazine groups is 1. The van der Waals surface area contributed by atoms with E-state index in [1.165, 1.54) is 5.69 Å². The van der Waals surface area contributed by atoms with E-state index in [1.54, 1.807) is 21.3 Å². The first-order chi connectivity index (χ1) is 15.6. The largest absolute Gasteiger partial charge is 0.493 e. The third kappa shape index (κ3) is 4.61. The second-order valence-electron chi connectivity index (χ2n) is 8.16. The van der Waals surface area contributed by atoms with E-state index in [0.717, 1.165) is 24.9 Å². The number of carbonyl (C=O) groups is 1. The Balaban J connectivity index is 1.36. The number of ether oxygens (including phenoxy) is 3. The Hall–Kier alpha value is -2.97. The lowest BCUT2D eigenvalue weighted by Crippen LogP contribution is -2.47. The monoisotopic (exact) mass is 440 g/mol. The topological polar surface area (TPSA) is 84.1 Å². The van der Waals surface area contributed by atoms with Crippen molar-refractivity contribution in [3.63, 3.8) is 0 Å². The van der Waals surface area contributed by atoms with Crippen LogP contribution in [0.4, 0.5) is 5.69 Å². The van der Waals surface area contributed by atoms with Crippen LogP contribution in [0.15, 0.2) is 42.5 Å². The minimum Gasteiger partial charge on any atom is -0.493 e. The fourth-order valence-electron chi connectivity index (χ4n) is 4.60. The van der Waals surface area contributed by atoms with Gasteiger partial charge in [-0.3, -0.25) is 4.79 Å². The van der Waals surface area contributed by atoms with Crippen LogP contribution in [0.25, 0.3) is 0 Å². The lowest BCUT2D eigenvalue weighted by molar-refractivity contribution is -0.122. The summed E-state index contributed by atoms with van der Waals surface area (Å²) in [6.45, 7) is 1.66. The first-order valence-corrected chi connectivity index (χ1v) is 11.0. The van der Waals surface area contributed by atoms with Crippen molar-refractivity contribution in [2.24, 2.45) is 0 Å². The van der Waals surface area contributed by atoms with Crippen molar-refractivity contribution in [1.29, 1.82) is 0 Å². The molecule has 2 fully saturated rings. The number of carbonyl (C=O) groups excluding carboxylic acids is 1. The predicted molar refractivity (Wildman–Crippen MR) is 123 cm³/mol. The van der Waals surface area contributed by atoms with Crippen molar-refractivity contribution in [1.82, 2.24) is 16.2 Å². The van der Waals surface area contributed by atoms with E-state index in [2.05, 4.69) is 45.3 Å². The zero-order valence-corrected chi connectivity index (χ0v) is 18.9. The molecular formula is C24H32N4O4. The number of rotatable bonds is 8. The zero-order chi connectivity index (χ0) is 22.5. The number of anilines is 1. The molecule has 8 nitrogen and oxygen atoms in total. The summed E-state index contributed by atoms with van der Waals surface area (Å²) in [6.07, 6.45) is 2.85. The van der Waals surface area contributed by atoms with Crippen LogP contribution in [-0.4, -0.2) is 52.4 Å². The van der Waals surface area contributed by atoms with Crippen LogP contribution in [0.2, 0.25) is 0 Å². The number of para-hydroxylation sites is 1. The molecule has 1 amide bonds. The van der Waals surface area contributed by atoms with Gasteiger partial charge in [-0.05, 0) is 49.1 Å². The summed E-state index contributed by atoms with van der Waals surface area (Å²) in [5, 5.41) is 3.15. The van der Waals surface area contributed by atoms with Crippen LogP contribution in [0.3, 0.4) is 0 Å². The third-order valence-corrected chi connectivity index (χ3v) is 6.29. The molecule has 3 unspecified atom stereocenters. The molecule has 172 valence electrons. The maximum absolute atomic E-state index is 12.9. The molecule has 0 aromatic heterocycles. The van der Waals surface area contributed by atoms with Crippen molar-refractivity contribution in [3.05, 3.63) is 48.0 Å². The van der Waals surface area contributed by atoms with Crippen LogP contribution in [0, 0.1) is 0 Å². The number of hydrogen-bond donors (Lipinski definition) is 3. The van der Waals surface area contributed by atoms with E-state index in [9.17, 15) is 4.79 Å². The van der Waals surface area contributed by atoms with Crippen LogP contribution in [0.5, 0.6) is 17.2 Å². The smallest absolute Gasteiger partial charge is 0.238 e. The van der Waals surface area contributed by atoms with E-state index in [-0.39, 0.29) is 18.0 Å². The van der Waals surface area contributed by atoms with Gasteiger partial charge < -0.3 is 24.4 Å². The van der Waals surface area contributed by atoms with E-state index in [4.69, 9.17) is 14.2 Å². The van der Waals surface area contributed by atoms with E-state index < -0.39 is 0 Å². The normalized spacial score (nSPS) is 22.6. The Labute approximate surface area is 189 Å². The standard InChI is InChI=1S/C24H32N4O4/c1-30-21-12-16(13-22(31-2)23(21)32-3)19-14-20(27-26-19)24(29)25-15-18-10-7-11-28(18)17-8-5-4-6-9-17/h4-6,8-9,12-13,18-20,26-27H,7,10-11,14-15H2,1-3H3,(H,25,29). The van der Waals surface area contributed by atoms with Crippen molar-refractivity contribution >= 4 is 11.6 Å². The zero-order valence-electron chi connectivity index (χ0n) is 18.9. The van der Waals surface area contributed by atoms with Crippen LogP contribution in [-0.2, 0) is 4.79 Å². The molecule has 0 radical (unpaired) electrons. The van der Waals surface area contributed by atoms with Gasteiger partial charge in [-0.1, -0.05) is 18.2 Å². The van der Waals surface area contributed by atoms with Crippen LogP contribution >= 0.6 is 0 Å². The Morgan fingerprint density at radius 3 is 2.44 bits per heavy atom. The molecule has 2 heterocycles. The molecule has 0 aliphatic carbocycles. The Morgan fingerprint density at radius 1 is 1.06 bits per heavy atom. The highest BCUT2D eigenvalue weighted by Gasteiger charge is 2.32. The molecule has 4 rings (SSSR count). The molecular weight excluding hydrogens is 408 g/mol. The van der Waals surface area contributed by atoms with Gasteiger partial charge in [-0.15, -0.1) is 0 Å². The molecule has 32 heavy (non-hydrogen) atoms. The maximum atomic E-state index is 12.9. The summed E-state index contributed by atoms with van der Waals surface area (Å²) >= 11 is 0. The van der Waals surface area contributed by atoms with Gasteiger partial charge in [0.15, 0.2) is 11.5 Å². The molecule has 2 aromatic carbocycles. The molecule has 8 heteroatoms. The molecule has 3 N–H and O–H groups in total. The number of hydrogen-bond acceptors (Lipinski definition) is 7. The summed E-state index contributed by atoms with van der Waals surface area (Å²) in [6, 6.07) is 14.2. The number of methoxy groups -OCH3 is 3. The minimum atomic E-state index is -0.314. The minimum absolute atomic E-state index is 0.00681. The maximum Gasteiger partial charge on any atom is 0.238 e. The molecule has 2 aliphatic heterocycles. The van der Waals surface area contributed by atoms with Gasteiger partial charge >= 0.3 is 0 Å². The SMILES string of the molecule is COc1cc(C2CC(C(=O)NCC3CCCN3c3ccccc3)NN2)cc(OC)c1OC. The highest BCUT2D eigenvalue weighted by Crippen LogP contribution is 2.40. The van der Waals surface area contributed by atoms with Gasteiger partial charge in [0.05, 0.1) is 21.3 Å². The fraction of sp³-hybridized carbons (Fsp3) is 0.458. The van der Waals surface area contributed by atoms with E-state index >= 15 is 0 Å². The number of nitrogens with zero attached hydrogens (tertiary/aromatic N) is 1. The molecule has 2 saturated heterocycles. The third-order valence-electron chi connectivity index (χ3n) is 6.29. The molecule has 3 atom stereocenters.